The smallest absolute Gasteiger partial charge is 0.305 e. The molecule has 1 amide bonds. The van der Waals surface area contributed by atoms with E-state index in [-0.39, 0.29) is 18.7 Å². The van der Waals surface area contributed by atoms with Crippen LogP contribution in [0, 0.1) is 0 Å². The molecule has 0 aliphatic rings. The largest absolute Gasteiger partial charge is 0.481 e. The van der Waals surface area contributed by atoms with Crippen molar-refractivity contribution >= 4 is 11.9 Å². The van der Waals surface area contributed by atoms with Crippen LogP contribution in [0.4, 0.5) is 0 Å². The predicted octanol–water partition coefficient (Wildman–Crippen LogP) is 1.96. The normalized spacial score (nSPS) is 11.6. The van der Waals surface area contributed by atoms with Crippen LogP contribution in [0.15, 0.2) is 54.9 Å². The number of aromatic nitrogens is 1. The van der Waals surface area contributed by atoms with Crippen molar-refractivity contribution in [2.45, 2.75) is 18.9 Å². The number of hydrogen-bond donors (Lipinski definition) is 2. The molecule has 2 N–H and O–H groups in total. The second kappa shape index (κ2) is 7.19. The lowest BCUT2D eigenvalue weighted by Crippen LogP contribution is -2.31. The van der Waals surface area contributed by atoms with E-state index in [2.05, 4.69) is 10.3 Å². The maximum Gasteiger partial charge on any atom is 0.305 e. The molecule has 0 saturated carbocycles. The third-order valence-electron chi connectivity index (χ3n) is 3.00. The summed E-state index contributed by atoms with van der Waals surface area (Å²) in [6.45, 7) is 0. The quantitative estimate of drug-likeness (QED) is 0.849. The Morgan fingerprint density at radius 1 is 1.14 bits per heavy atom. The maximum atomic E-state index is 12.0. The van der Waals surface area contributed by atoms with Gasteiger partial charge in [-0.15, -0.1) is 0 Å². The zero-order valence-electron chi connectivity index (χ0n) is 11.4. The van der Waals surface area contributed by atoms with Gasteiger partial charge in [-0.25, -0.2) is 0 Å². The van der Waals surface area contributed by atoms with Gasteiger partial charge in [0.1, 0.15) is 0 Å². The van der Waals surface area contributed by atoms with Crippen molar-refractivity contribution in [1.82, 2.24) is 10.3 Å². The van der Waals surface area contributed by atoms with Crippen molar-refractivity contribution in [1.29, 1.82) is 0 Å². The topological polar surface area (TPSA) is 79.3 Å². The molecule has 5 heteroatoms. The number of aliphatic carboxylic acids is 1. The number of carboxylic acids is 1. The fourth-order valence-electron chi connectivity index (χ4n) is 2.05. The highest BCUT2D eigenvalue weighted by Gasteiger charge is 2.17. The van der Waals surface area contributed by atoms with E-state index in [1.807, 2.05) is 18.2 Å². The minimum Gasteiger partial charge on any atom is -0.481 e. The molecule has 0 aliphatic carbocycles. The van der Waals surface area contributed by atoms with Crippen LogP contribution in [0.5, 0.6) is 0 Å². The summed E-state index contributed by atoms with van der Waals surface area (Å²) >= 11 is 0. The molecule has 0 radical (unpaired) electrons. The van der Waals surface area contributed by atoms with Gasteiger partial charge < -0.3 is 10.4 Å². The number of amides is 1. The lowest BCUT2D eigenvalue weighted by molar-refractivity contribution is -0.137. The Bertz CT molecular complexity index is 599. The Balaban J connectivity index is 2.05. The fraction of sp³-hybridized carbons (Fsp3) is 0.188. The minimum absolute atomic E-state index is 0.150. The van der Waals surface area contributed by atoms with Crippen LogP contribution < -0.4 is 5.32 Å². The van der Waals surface area contributed by atoms with Gasteiger partial charge in [0, 0.05) is 12.4 Å². The summed E-state index contributed by atoms with van der Waals surface area (Å²) < 4.78 is 0. The highest BCUT2D eigenvalue weighted by atomic mass is 16.4. The maximum absolute atomic E-state index is 12.0. The number of benzene rings is 1. The lowest BCUT2D eigenvalue weighted by Gasteiger charge is -2.17. The Labute approximate surface area is 122 Å². The number of carbonyl (C=O) groups excluding carboxylic acids is 1. The molecule has 1 aromatic carbocycles. The average Bonchev–Trinajstić information content (AvgIpc) is 2.48. The van der Waals surface area contributed by atoms with Crippen molar-refractivity contribution in [2.24, 2.45) is 0 Å². The van der Waals surface area contributed by atoms with Crippen molar-refractivity contribution < 1.29 is 14.7 Å². The number of hydrogen-bond acceptors (Lipinski definition) is 3. The number of nitrogens with one attached hydrogen (secondary N) is 1. The van der Waals surface area contributed by atoms with Gasteiger partial charge in [-0.1, -0.05) is 36.4 Å². The average molecular weight is 284 g/mol. The van der Waals surface area contributed by atoms with Crippen LogP contribution in [-0.4, -0.2) is 22.0 Å². The van der Waals surface area contributed by atoms with Crippen molar-refractivity contribution in [3.8, 4) is 0 Å². The van der Waals surface area contributed by atoms with E-state index in [1.165, 1.54) is 0 Å². The van der Waals surface area contributed by atoms with E-state index < -0.39 is 12.0 Å². The Morgan fingerprint density at radius 3 is 2.52 bits per heavy atom. The SMILES string of the molecule is O=C(O)CC(NC(=O)Cc1cccnc1)c1ccccc1. The van der Waals surface area contributed by atoms with Gasteiger partial charge in [0.15, 0.2) is 0 Å². The summed E-state index contributed by atoms with van der Waals surface area (Å²) in [6, 6.07) is 12.1. The third-order valence-corrected chi connectivity index (χ3v) is 3.00. The third kappa shape index (κ3) is 4.72. The summed E-state index contributed by atoms with van der Waals surface area (Å²) in [5.41, 5.74) is 1.57. The molecule has 0 fully saturated rings. The molecule has 5 nitrogen and oxygen atoms in total. The Hall–Kier alpha value is -2.69. The summed E-state index contributed by atoms with van der Waals surface area (Å²) in [4.78, 5) is 27.0. The molecule has 21 heavy (non-hydrogen) atoms. The molecule has 0 aliphatic heterocycles. The summed E-state index contributed by atoms with van der Waals surface area (Å²) in [5.74, 6) is -1.18. The van der Waals surface area contributed by atoms with Crippen molar-refractivity contribution in [2.75, 3.05) is 0 Å². The van der Waals surface area contributed by atoms with Crippen LogP contribution in [0.3, 0.4) is 0 Å². The highest BCUT2D eigenvalue weighted by molar-refractivity contribution is 5.79. The fourth-order valence-corrected chi connectivity index (χ4v) is 2.05. The number of rotatable bonds is 6. The zero-order valence-corrected chi connectivity index (χ0v) is 11.4. The zero-order chi connectivity index (χ0) is 15.1. The van der Waals surface area contributed by atoms with Gasteiger partial charge in [0.25, 0.3) is 0 Å². The Morgan fingerprint density at radius 2 is 1.90 bits per heavy atom. The van der Waals surface area contributed by atoms with Crippen molar-refractivity contribution in [3.05, 3.63) is 66.0 Å². The van der Waals surface area contributed by atoms with Gasteiger partial charge in [-0.05, 0) is 17.2 Å². The molecule has 1 atom stereocenters. The molecule has 0 spiro atoms. The summed E-state index contributed by atoms with van der Waals surface area (Å²) in [5, 5.41) is 11.8. The van der Waals surface area contributed by atoms with Crippen LogP contribution >= 0.6 is 0 Å². The molecule has 1 heterocycles. The van der Waals surface area contributed by atoms with E-state index in [0.717, 1.165) is 11.1 Å². The van der Waals surface area contributed by atoms with E-state index in [9.17, 15) is 9.59 Å². The lowest BCUT2D eigenvalue weighted by atomic mass is 10.0. The number of carboxylic acid groups (broad SMARTS) is 1. The molecule has 2 rings (SSSR count). The van der Waals surface area contributed by atoms with E-state index >= 15 is 0 Å². The van der Waals surface area contributed by atoms with Crippen LogP contribution in [0.2, 0.25) is 0 Å². The molecular formula is C16H16N2O3. The molecule has 0 saturated heterocycles. The number of nitrogens with zero attached hydrogens (tertiary/aromatic N) is 1. The van der Waals surface area contributed by atoms with E-state index in [0.29, 0.717) is 0 Å². The second-order valence-corrected chi connectivity index (χ2v) is 4.67. The molecular weight excluding hydrogens is 268 g/mol. The number of carbonyl (C=O) groups is 2. The van der Waals surface area contributed by atoms with Gasteiger partial charge in [-0.3, -0.25) is 14.6 Å². The van der Waals surface area contributed by atoms with Gasteiger partial charge >= 0.3 is 5.97 Å². The van der Waals surface area contributed by atoms with Crippen LogP contribution in [-0.2, 0) is 16.0 Å². The minimum atomic E-state index is -0.953. The number of pyridine rings is 1. The monoisotopic (exact) mass is 284 g/mol. The van der Waals surface area contributed by atoms with Crippen molar-refractivity contribution in [3.63, 3.8) is 0 Å². The first kappa shape index (κ1) is 14.7. The molecule has 0 bridgehead atoms. The van der Waals surface area contributed by atoms with E-state index in [4.69, 9.17) is 5.11 Å². The molecule has 1 unspecified atom stereocenters. The van der Waals surface area contributed by atoms with Gasteiger partial charge in [0.05, 0.1) is 18.9 Å². The second-order valence-electron chi connectivity index (χ2n) is 4.67. The first-order valence-corrected chi connectivity index (χ1v) is 6.60. The standard InChI is InChI=1S/C16H16N2O3/c19-15(9-12-5-4-8-17-11-12)18-14(10-16(20)21)13-6-2-1-3-7-13/h1-8,11,14H,9-10H2,(H,18,19)(H,20,21). The first-order valence-electron chi connectivity index (χ1n) is 6.60. The molecule has 2 aromatic rings. The molecule has 108 valence electrons. The summed E-state index contributed by atoms with van der Waals surface area (Å²) in [6.07, 6.45) is 3.28. The van der Waals surface area contributed by atoms with E-state index in [1.54, 1.807) is 36.7 Å². The first-order chi connectivity index (χ1) is 10.1. The Kier molecular flexibility index (Phi) is 5.04. The van der Waals surface area contributed by atoms with Crippen LogP contribution in [0.25, 0.3) is 0 Å². The highest BCUT2D eigenvalue weighted by Crippen LogP contribution is 2.16. The summed E-state index contributed by atoms with van der Waals surface area (Å²) in [7, 11) is 0. The van der Waals surface area contributed by atoms with Gasteiger partial charge in [0.2, 0.25) is 5.91 Å². The van der Waals surface area contributed by atoms with Gasteiger partial charge in [-0.2, -0.15) is 0 Å². The molecule has 1 aromatic heterocycles. The predicted molar refractivity (Wildman–Crippen MR) is 77.5 cm³/mol. The van der Waals surface area contributed by atoms with Crippen LogP contribution in [0.1, 0.15) is 23.6 Å².